The summed E-state index contributed by atoms with van der Waals surface area (Å²) in [5.74, 6) is -0.937. The molecule has 1 saturated heterocycles. The summed E-state index contributed by atoms with van der Waals surface area (Å²) in [6, 6.07) is -0.391. The lowest BCUT2D eigenvalue weighted by atomic mass is 10.1. The van der Waals surface area contributed by atoms with E-state index in [1.807, 2.05) is 0 Å². The maximum absolute atomic E-state index is 12.5. The lowest BCUT2D eigenvalue weighted by Gasteiger charge is -2.38. The Hall–Kier alpha value is -1.34. The number of carbonyl (C=O) groups is 2. The van der Waals surface area contributed by atoms with Crippen molar-refractivity contribution in [1.82, 2.24) is 9.80 Å². The monoisotopic (exact) mass is 272 g/mol. The Balaban J connectivity index is 2.02. The largest absolute Gasteiger partial charge is 0.481 e. The lowest BCUT2D eigenvalue weighted by molar-refractivity contribution is -0.139. The van der Waals surface area contributed by atoms with Crippen molar-refractivity contribution in [2.45, 2.75) is 31.3 Å². The smallest absolute Gasteiger partial charge is 0.320 e. The summed E-state index contributed by atoms with van der Waals surface area (Å²) < 4.78 is 5.25. The first kappa shape index (κ1) is 14.1. The van der Waals surface area contributed by atoms with Gasteiger partial charge in [0.2, 0.25) is 0 Å². The fourth-order valence-corrected chi connectivity index (χ4v) is 2.37. The van der Waals surface area contributed by atoms with Gasteiger partial charge in [0.05, 0.1) is 32.3 Å². The van der Waals surface area contributed by atoms with Gasteiger partial charge in [-0.2, -0.15) is 0 Å². The van der Waals surface area contributed by atoms with Gasteiger partial charge >= 0.3 is 12.0 Å². The second kappa shape index (κ2) is 6.21. The molecule has 1 heterocycles. The molecular formula is C12H20N2O5. The molecule has 0 aromatic heterocycles. The van der Waals surface area contributed by atoms with E-state index in [9.17, 15) is 9.59 Å². The first-order chi connectivity index (χ1) is 9.13. The number of hydrogen-bond donors (Lipinski definition) is 2. The molecule has 7 heteroatoms. The summed E-state index contributed by atoms with van der Waals surface area (Å²) in [5.41, 5.74) is 0. The summed E-state index contributed by atoms with van der Waals surface area (Å²) in [7, 11) is 0. The Morgan fingerprint density at radius 3 is 2.68 bits per heavy atom. The summed E-state index contributed by atoms with van der Waals surface area (Å²) >= 11 is 0. The lowest BCUT2D eigenvalue weighted by Crippen LogP contribution is -2.55. The Kier molecular flexibility index (Phi) is 4.60. The second-order valence-corrected chi connectivity index (χ2v) is 4.95. The van der Waals surface area contributed by atoms with E-state index < -0.39 is 12.0 Å². The van der Waals surface area contributed by atoms with E-state index in [1.54, 1.807) is 9.80 Å². The van der Waals surface area contributed by atoms with Crippen LogP contribution in [0.5, 0.6) is 0 Å². The molecule has 0 bridgehead atoms. The van der Waals surface area contributed by atoms with Crippen molar-refractivity contribution >= 4 is 12.0 Å². The second-order valence-electron chi connectivity index (χ2n) is 4.95. The van der Waals surface area contributed by atoms with E-state index in [4.69, 9.17) is 14.9 Å². The Morgan fingerprint density at radius 1 is 1.37 bits per heavy atom. The molecule has 1 atom stereocenters. The van der Waals surface area contributed by atoms with Crippen molar-refractivity contribution in [3.8, 4) is 0 Å². The number of morpholine rings is 1. The van der Waals surface area contributed by atoms with Gasteiger partial charge in [-0.1, -0.05) is 0 Å². The number of aliphatic hydroxyl groups excluding tert-OH is 1. The molecule has 2 aliphatic rings. The van der Waals surface area contributed by atoms with Gasteiger partial charge in [-0.3, -0.25) is 4.79 Å². The van der Waals surface area contributed by atoms with E-state index in [0.717, 1.165) is 12.8 Å². The standard InChI is InChI=1S/C12H20N2O5/c15-5-3-13(9-1-2-9)12(18)14-4-6-19-8-10(14)7-11(16)17/h9-10,15H,1-8H2,(H,16,17). The van der Waals surface area contributed by atoms with Crippen LogP contribution in [0.15, 0.2) is 0 Å². The highest BCUT2D eigenvalue weighted by Crippen LogP contribution is 2.28. The van der Waals surface area contributed by atoms with Crippen molar-refractivity contribution in [1.29, 1.82) is 0 Å². The van der Waals surface area contributed by atoms with E-state index in [0.29, 0.717) is 19.7 Å². The number of carbonyl (C=O) groups excluding carboxylic acids is 1. The van der Waals surface area contributed by atoms with Gasteiger partial charge in [0.1, 0.15) is 0 Å². The van der Waals surface area contributed by atoms with E-state index in [1.165, 1.54) is 0 Å². The van der Waals surface area contributed by atoms with Crippen molar-refractivity contribution in [3.05, 3.63) is 0 Å². The number of aliphatic carboxylic acids is 1. The molecule has 7 nitrogen and oxygen atoms in total. The Morgan fingerprint density at radius 2 is 2.11 bits per heavy atom. The highest BCUT2D eigenvalue weighted by Gasteiger charge is 2.38. The predicted octanol–water partition coefficient (Wildman–Crippen LogP) is -0.261. The quantitative estimate of drug-likeness (QED) is 0.719. The van der Waals surface area contributed by atoms with Crippen molar-refractivity contribution in [2.75, 3.05) is 32.9 Å². The Bertz CT molecular complexity index is 345. The van der Waals surface area contributed by atoms with Crippen LogP contribution in [-0.4, -0.2) is 77.0 Å². The zero-order chi connectivity index (χ0) is 13.8. The molecule has 0 spiro atoms. The van der Waals surface area contributed by atoms with Crippen LogP contribution in [0.1, 0.15) is 19.3 Å². The first-order valence-corrected chi connectivity index (χ1v) is 6.61. The van der Waals surface area contributed by atoms with Crippen LogP contribution in [0.2, 0.25) is 0 Å². The molecule has 1 aliphatic heterocycles. The molecule has 0 aromatic carbocycles. The maximum atomic E-state index is 12.5. The topological polar surface area (TPSA) is 90.3 Å². The number of amides is 2. The van der Waals surface area contributed by atoms with Crippen LogP contribution in [0.4, 0.5) is 4.79 Å². The third-order valence-electron chi connectivity index (χ3n) is 3.46. The summed E-state index contributed by atoms with van der Waals surface area (Å²) in [6.07, 6.45) is 1.81. The van der Waals surface area contributed by atoms with Crippen LogP contribution in [0.3, 0.4) is 0 Å². The average Bonchev–Trinajstić information content (AvgIpc) is 3.19. The molecule has 1 saturated carbocycles. The third-order valence-corrected chi connectivity index (χ3v) is 3.46. The molecular weight excluding hydrogens is 252 g/mol. The van der Waals surface area contributed by atoms with E-state index in [-0.39, 0.29) is 31.7 Å². The van der Waals surface area contributed by atoms with Gasteiger partial charge < -0.3 is 24.7 Å². The molecule has 1 aliphatic carbocycles. The maximum Gasteiger partial charge on any atom is 0.320 e. The molecule has 1 unspecified atom stereocenters. The number of carboxylic acids is 1. The van der Waals surface area contributed by atoms with Gasteiger partial charge in [0.15, 0.2) is 0 Å². The number of urea groups is 1. The minimum atomic E-state index is -0.937. The first-order valence-electron chi connectivity index (χ1n) is 6.61. The Labute approximate surface area is 111 Å². The van der Waals surface area contributed by atoms with E-state index in [2.05, 4.69) is 0 Å². The fraction of sp³-hybridized carbons (Fsp3) is 0.833. The number of hydrogen-bond acceptors (Lipinski definition) is 4. The third kappa shape index (κ3) is 3.57. The van der Waals surface area contributed by atoms with Gasteiger partial charge in [-0.05, 0) is 12.8 Å². The fourth-order valence-electron chi connectivity index (χ4n) is 2.37. The zero-order valence-electron chi connectivity index (χ0n) is 10.8. The zero-order valence-corrected chi connectivity index (χ0v) is 10.8. The van der Waals surface area contributed by atoms with Crippen molar-refractivity contribution < 1.29 is 24.5 Å². The summed E-state index contributed by atoms with van der Waals surface area (Å²) in [6.45, 7) is 1.33. The van der Waals surface area contributed by atoms with Crippen LogP contribution < -0.4 is 0 Å². The van der Waals surface area contributed by atoms with Crippen LogP contribution in [0, 0.1) is 0 Å². The number of aliphatic hydroxyl groups is 1. The number of rotatable bonds is 5. The predicted molar refractivity (Wildman–Crippen MR) is 65.8 cm³/mol. The molecule has 108 valence electrons. The molecule has 2 rings (SSSR count). The van der Waals surface area contributed by atoms with Crippen LogP contribution in [-0.2, 0) is 9.53 Å². The molecule has 2 amide bonds. The van der Waals surface area contributed by atoms with Crippen LogP contribution >= 0.6 is 0 Å². The van der Waals surface area contributed by atoms with Crippen molar-refractivity contribution in [3.63, 3.8) is 0 Å². The van der Waals surface area contributed by atoms with Gasteiger partial charge in [-0.15, -0.1) is 0 Å². The summed E-state index contributed by atoms with van der Waals surface area (Å²) in [4.78, 5) is 26.5. The number of ether oxygens (including phenoxy) is 1. The highest BCUT2D eigenvalue weighted by molar-refractivity contribution is 5.77. The minimum Gasteiger partial charge on any atom is -0.481 e. The molecule has 0 radical (unpaired) electrons. The average molecular weight is 272 g/mol. The molecule has 0 aromatic rings. The van der Waals surface area contributed by atoms with Gasteiger partial charge in [0, 0.05) is 19.1 Å². The number of carboxylic acid groups (broad SMARTS) is 1. The highest BCUT2D eigenvalue weighted by atomic mass is 16.5. The SMILES string of the molecule is O=C(O)CC1COCCN1C(=O)N(CCO)C1CC1. The summed E-state index contributed by atoms with van der Waals surface area (Å²) in [5, 5.41) is 17.9. The normalized spacial score (nSPS) is 23.2. The minimum absolute atomic E-state index is 0.0732. The number of nitrogens with zero attached hydrogens (tertiary/aromatic N) is 2. The van der Waals surface area contributed by atoms with E-state index >= 15 is 0 Å². The molecule has 2 fully saturated rings. The van der Waals surface area contributed by atoms with Gasteiger partial charge in [0.25, 0.3) is 0 Å². The van der Waals surface area contributed by atoms with Crippen LogP contribution in [0.25, 0.3) is 0 Å². The van der Waals surface area contributed by atoms with Crippen molar-refractivity contribution in [2.24, 2.45) is 0 Å². The molecule has 2 N–H and O–H groups in total. The molecule has 19 heavy (non-hydrogen) atoms. The van der Waals surface area contributed by atoms with Gasteiger partial charge in [-0.25, -0.2) is 4.79 Å².